The van der Waals surface area contributed by atoms with Gasteiger partial charge in [0.15, 0.2) is 5.82 Å². The average molecular weight is 245 g/mol. The van der Waals surface area contributed by atoms with Gasteiger partial charge in [0.2, 0.25) is 5.88 Å². The van der Waals surface area contributed by atoms with Crippen LogP contribution >= 0.6 is 0 Å². The molecule has 0 unspecified atom stereocenters. The van der Waals surface area contributed by atoms with Gasteiger partial charge in [-0.15, -0.1) is 0 Å². The monoisotopic (exact) mass is 245 g/mol. The molecule has 0 saturated heterocycles. The maximum Gasteiger partial charge on any atom is 0.421 e. The number of halogens is 6. The Kier molecular flexibility index (Phi) is 3.30. The third-order valence-corrected chi connectivity index (χ3v) is 1.67. The SMILES string of the molecule is COc1nc(C(F)F)c(F)cc1C(F)(F)F. The summed E-state index contributed by atoms with van der Waals surface area (Å²) in [6.07, 6.45) is -8.23. The van der Waals surface area contributed by atoms with Gasteiger partial charge < -0.3 is 4.74 Å². The fourth-order valence-electron chi connectivity index (χ4n) is 0.997. The van der Waals surface area contributed by atoms with E-state index in [0.717, 1.165) is 7.11 Å². The quantitative estimate of drug-likeness (QED) is 0.746. The molecule has 16 heavy (non-hydrogen) atoms. The first kappa shape index (κ1) is 12.6. The van der Waals surface area contributed by atoms with Crippen molar-refractivity contribution in [3.8, 4) is 5.88 Å². The highest BCUT2D eigenvalue weighted by Crippen LogP contribution is 2.37. The van der Waals surface area contributed by atoms with Gasteiger partial charge in [0.05, 0.1) is 7.11 Å². The molecule has 90 valence electrons. The fourth-order valence-corrected chi connectivity index (χ4v) is 0.997. The van der Waals surface area contributed by atoms with Crippen LogP contribution in [-0.4, -0.2) is 12.1 Å². The van der Waals surface area contributed by atoms with Gasteiger partial charge in [-0.05, 0) is 6.07 Å². The third kappa shape index (κ3) is 2.37. The Morgan fingerprint density at radius 1 is 1.31 bits per heavy atom. The van der Waals surface area contributed by atoms with E-state index in [1.54, 1.807) is 0 Å². The van der Waals surface area contributed by atoms with Crippen molar-refractivity contribution in [2.75, 3.05) is 7.11 Å². The minimum absolute atomic E-state index is 0.0622. The summed E-state index contributed by atoms with van der Waals surface area (Å²) < 4.78 is 78.1. The van der Waals surface area contributed by atoms with E-state index in [9.17, 15) is 26.3 Å². The maximum absolute atomic E-state index is 12.8. The summed E-state index contributed by atoms with van der Waals surface area (Å²) in [5.41, 5.74) is -2.90. The molecule has 0 bridgehead atoms. The van der Waals surface area contributed by atoms with Crippen LogP contribution in [0, 0.1) is 5.82 Å². The first-order chi connectivity index (χ1) is 7.27. The van der Waals surface area contributed by atoms with Crippen LogP contribution in [0.5, 0.6) is 5.88 Å². The van der Waals surface area contributed by atoms with Crippen molar-refractivity contribution in [3.63, 3.8) is 0 Å². The Morgan fingerprint density at radius 2 is 1.88 bits per heavy atom. The zero-order valence-electron chi connectivity index (χ0n) is 7.78. The van der Waals surface area contributed by atoms with E-state index >= 15 is 0 Å². The lowest BCUT2D eigenvalue weighted by molar-refractivity contribution is -0.139. The summed E-state index contributed by atoms with van der Waals surface area (Å²) in [6.45, 7) is 0. The first-order valence-corrected chi connectivity index (χ1v) is 3.87. The van der Waals surface area contributed by atoms with Crippen LogP contribution in [0.15, 0.2) is 6.07 Å². The zero-order chi connectivity index (χ0) is 12.5. The van der Waals surface area contributed by atoms with Crippen molar-refractivity contribution >= 4 is 0 Å². The van der Waals surface area contributed by atoms with Gasteiger partial charge >= 0.3 is 6.18 Å². The molecule has 0 fully saturated rings. The number of alkyl halides is 5. The molecule has 0 atom stereocenters. The van der Waals surface area contributed by atoms with E-state index in [0.29, 0.717) is 0 Å². The highest BCUT2D eigenvalue weighted by molar-refractivity contribution is 5.32. The Bertz CT molecular complexity index is 389. The normalized spacial score (nSPS) is 12.0. The Labute approximate surface area is 85.9 Å². The van der Waals surface area contributed by atoms with Crippen molar-refractivity contribution in [1.82, 2.24) is 4.98 Å². The largest absolute Gasteiger partial charge is 0.481 e. The van der Waals surface area contributed by atoms with E-state index < -0.39 is 35.6 Å². The van der Waals surface area contributed by atoms with E-state index in [1.165, 1.54) is 0 Å². The number of methoxy groups -OCH3 is 1. The highest BCUT2D eigenvalue weighted by atomic mass is 19.4. The van der Waals surface area contributed by atoms with Crippen LogP contribution < -0.4 is 4.74 Å². The molecular formula is C8H5F6NO. The number of rotatable bonds is 2. The van der Waals surface area contributed by atoms with Crippen molar-refractivity contribution in [1.29, 1.82) is 0 Å². The van der Waals surface area contributed by atoms with Gasteiger partial charge in [0, 0.05) is 0 Å². The molecule has 0 saturated carbocycles. The second-order valence-corrected chi connectivity index (χ2v) is 2.71. The maximum atomic E-state index is 12.8. The summed E-state index contributed by atoms with van der Waals surface area (Å²) >= 11 is 0. The van der Waals surface area contributed by atoms with Crippen LogP contribution in [0.4, 0.5) is 26.3 Å². The number of hydrogen-bond donors (Lipinski definition) is 0. The Balaban J connectivity index is 3.38. The van der Waals surface area contributed by atoms with E-state index in [1.807, 2.05) is 0 Å². The predicted octanol–water partition coefficient (Wildman–Crippen LogP) is 3.19. The topological polar surface area (TPSA) is 22.1 Å². The molecule has 8 heteroatoms. The number of nitrogens with zero attached hydrogens (tertiary/aromatic N) is 1. The van der Waals surface area contributed by atoms with Crippen LogP contribution in [0.1, 0.15) is 17.7 Å². The molecule has 0 N–H and O–H groups in total. The smallest absolute Gasteiger partial charge is 0.421 e. The summed E-state index contributed by atoms with van der Waals surface area (Å²) in [5, 5.41) is 0. The molecule has 0 amide bonds. The molecule has 1 aromatic rings. The van der Waals surface area contributed by atoms with Gasteiger partial charge in [-0.1, -0.05) is 0 Å². The van der Waals surface area contributed by atoms with Gasteiger partial charge in [-0.2, -0.15) is 13.2 Å². The fraction of sp³-hybridized carbons (Fsp3) is 0.375. The molecule has 2 nitrogen and oxygen atoms in total. The van der Waals surface area contributed by atoms with Crippen LogP contribution in [0.2, 0.25) is 0 Å². The predicted molar refractivity (Wildman–Crippen MR) is 40.7 cm³/mol. The Hall–Kier alpha value is -1.47. The summed E-state index contributed by atoms with van der Waals surface area (Å²) in [6, 6.07) is -0.0622. The summed E-state index contributed by atoms with van der Waals surface area (Å²) in [4.78, 5) is 2.79. The summed E-state index contributed by atoms with van der Waals surface area (Å²) in [7, 11) is 0.824. The Morgan fingerprint density at radius 3 is 2.25 bits per heavy atom. The molecule has 1 heterocycles. The molecule has 0 aliphatic rings. The zero-order valence-corrected chi connectivity index (χ0v) is 7.78. The summed E-state index contributed by atoms with van der Waals surface area (Å²) in [5.74, 6) is -2.80. The molecular weight excluding hydrogens is 240 g/mol. The lowest BCUT2D eigenvalue weighted by Gasteiger charge is -2.12. The number of hydrogen-bond acceptors (Lipinski definition) is 2. The van der Waals surface area contributed by atoms with Gasteiger partial charge in [0.1, 0.15) is 11.3 Å². The molecule has 0 aliphatic heterocycles. The van der Waals surface area contributed by atoms with Gasteiger partial charge in [-0.3, -0.25) is 0 Å². The third-order valence-electron chi connectivity index (χ3n) is 1.67. The minimum atomic E-state index is -4.92. The molecule has 0 aliphatic carbocycles. The van der Waals surface area contributed by atoms with Crippen LogP contribution in [-0.2, 0) is 6.18 Å². The minimum Gasteiger partial charge on any atom is -0.481 e. The van der Waals surface area contributed by atoms with E-state index in [-0.39, 0.29) is 6.07 Å². The average Bonchev–Trinajstić information content (AvgIpc) is 2.15. The molecule has 1 rings (SSSR count). The molecule has 0 spiro atoms. The highest BCUT2D eigenvalue weighted by Gasteiger charge is 2.37. The molecule has 1 aromatic heterocycles. The van der Waals surface area contributed by atoms with Crippen molar-refractivity contribution in [2.24, 2.45) is 0 Å². The number of aromatic nitrogens is 1. The lowest BCUT2D eigenvalue weighted by Crippen LogP contribution is -2.11. The van der Waals surface area contributed by atoms with E-state index in [4.69, 9.17) is 0 Å². The second-order valence-electron chi connectivity index (χ2n) is 2.71. The number of ether oxygens (including phenoxy) is 1. The van der Waals surface area contributed by atoms with E-state index in [2.05, 4.69) is 9.72 Å². The van der Waals surface area contributed by atoms with Crippen LogP contribution in [0.3, 0.4) is 0 Å². The first-order valence-electron chi connectivity index (χ1n) is 3.87. The van der Waals surface area contributed by atoms with Crippen molar-refractivity contribution in [2.45, 2.75) is 12.6 Å². The van der Waals surface area contributed by atoms with Crippen molar-refractivity contribution < 1.29 is 31.1 Å². The van der Waals surface area contributed by atoms with Crippen molar-refractivity contribution in [3.05, 3.63) is 23.1 Å². The van der Waals surface area contributed by atoms with Gasteiger partial charge in [0.25, 0.3) is 6.43 Å². The lowest BCUT2D eigenvalue weighted by atomic mass is 10.2. The van der Waals surface area contributed by atoms with Crippen LogP contribution in [0.25, 0.3) is 0 Å². The molecule has 0 aromatic carbocycles. The molecule has 0 radical (unpaired) electrons. The second kappa shape index (κ2) is 4.18. The van der Waals surface area contributed by atoms with Gasteiger partial charge in [-0.25, -0.2) is 18.2 Å². The standard InChI is InChI=1S/C8H5F6NO/c1-16-7-3(8(12,13)14)2-4(9)5(15-7)6(10)11/h2,6H,1H3. The number of pyridine rings is 1.